The van der Waals surface area contributed by atoms with Gasteiger partial charge in [-0.05, 0) is 49.8 Å². The number of anilines is 1. The number of halogens is 1. The standard InChI is InChI=1S/C18H25N3O2.ClH/c19-16-7-3-13(4-8-16)9-10-20-17(22)15-2-1-11-21(12-15)18(23)14-5-6-14;/h3-4,7-8,14-15H,1-2,5-6,9-12,19H2,(H,20,22);1H. The molecule has 1 aliphatic heterocycles. The third kappa shape index (κ3) is 4.87. The number of likely N-dealkylation sites (tertiary alicyclic amines) is 1. The SMILES string of the molecule is Cl.Nc1ccc(CCNC(=O)C2CCCN(C(=O)C3CC3)C2)cc1. The average molecular weight is 352 g/mol. The van der Waals surface area contributed by atoms with Crippen LogP contribution in [0.3, 0.4) is 0 Å². The van der Waals surface area contributed by atoms with Gasteiger partial charge >= 0.3 is 0 Å². The molecule has 6 heteroatoms. The van der Waals surface area contributed by atoms with Gasteiger partial charge in [-0.25, -0.2) is 0 Å². The molecule has 0 spiro atoms. The number of nitrogen functional groups attached to an aromatic ring is 1. The van der Waals surface area contributed by atoms with Gasteiger partial charge in [-0.2, -0.15) is 0 Å². The summed E-state index contributed by atoms with van der Waals surface area (Å²) in [6.45, 7) is 2.02. The Kier molecular flexibility index (Phi) is 6.49. The van der Waals surface area contributed by atoms with Crippen LogP contribution in [0.25, 0.3) is 0 Å². The fraction of sp³-hybridized carbons (Fsp3) is 0.556. The zero-order valence-corrected chi connectivity index (χ0v) is 14.7. The van der Waals surface area contributed by atoms with Crippen LogP contribution < -0.4 is 11.1 Å². The third-order valence-corrected chi connectivity index (χ3v) is 4.72. The van der Waals surface area contributed by atoms with Crippen molar-refractivity contribution in [3.8, 4) is 0 Å². The summed E-state index contributed by atoms with van der Waals surface area (Å²) in [6, 6.07) is 7.72. The fourth-order valence-corrected chi connectivity index (χ4v) is 3.14. The Morgan fingerprint density at radius 3 is 2.50 bits per heavy atom. The molecule has 132 valence electrons. The van der Waals surface area contributed by atoms with Gasteiger partial charge < -0.3 is 16.0 Å². The van der Waals surface area contributed by atoms with E-state index in [0.29, 0.717) is 13.1 Å². The van der Waals surface area contributed by atoms with E-state index in [1.165, 1.54) is 0 Å². The van der Waals surface area contributed by atoms with Crippen LogP contribution in [0, 0.1) is 11.8 Å². The molecular formula is C18H26ClN3O2. The van der Waals surface area contributed by atoms with Gasteiger partial charge in [-0.3, -0.25) is 9.59 Å². The smallest absolute Gasteiger partial charge is 0.225 e. The average Bonchev–Trinajstić information content (AvgIpc) is 3.41. The zero-order valence-electron chi connectivity index (χ0n) is 13.9. The largest absolute Gasteiger partial charge is 0.399 e. The molecule has 1 atom stereocenters. The number of nitrogens with two attached hydrogens (primary N) is 1. The van der Waals surface area contributed by atoms with Crippen molar-refractivity contribution in [1.29, 1.82) is 0 Å². The zero-order chi connectivity index (χ0) is 16.2. The Labute approximate surface area is 149 Å². The number of nitrogens with zero attached hydrogens (tertiary/aromatic N) is 1. The summed E-state index contributed by atoms with van der Waals surface area (Å²) in [5.74, 6) is 0.512. The van der Waals surface area contributed by atoms with Crippen LogP contribution in [0.5, 0.6) is 0 Å². The molecule has 1 aliphatic carbocycles. The molecule has 2 amide bonds. The predicted octanol–water partition coefficient (Wildman–Crippen LogP) is 2.00. The lowest BCUT2D eigenvalue weighted by atomic mass is 9.96. The first-order valence-electron chi connectivity index (χ1n) is 8.54. The second kappa shape index (κ2) is 8.38. The molecule has 2 fully saturated rings. The number of hydrogen-bond donors (Lipinski definition) is 2. The van der Waals surface area contributed by atoms with Crippen molar-refractivity contribution in [3.63, 3.8) is 0 Å². The molecule has 0 radical (unpaired) electrons. The van der Waals surface area contributed by atoms with E-state index in [2.05, 4.69) is 5.32 Å². The van der Waals surface area contributed by atoms with Gasteiger partial charge in [-0.15, -0.1) is 12.4 Å². The molecule has 1 aromatic carbocycles. The summed E-state index contributed by atoms with van der Waals surface area (Å²) in [5, 5.41) is 3.01. The number of nitrogens with one attached hydrogen (secondary N) is 1. The number of carbonyl (C=O) groups excluding carboxylic acids is 2. The monoisotopic (exact) mass is 351 g/mol. The fourth-order valence-electron chi connectivity index (χ4n) is 3.14. The van der Waals surface area contributed by atoms with Crippen LogP contribution in [0.4, 0.5) is 5.69 Å². The number of hydrogen-bond acceptors (Lipinski definition) is 3. The Bertz CT molecular complexity index is 572. The molecular weight excluding hydrogens is 326 g/mol. The van der Waals surface area contributed by atoms with Gasteiger partial charge in [0.05, 0.1) is 5.92 Å². The molecule has 1 unspecified atom stereocenters. The van der Waals surface area contributed by atoms with Gasteiger partial charge in [0.2, 0.25) is 11.8 Å². The van der Waals surface area contributed by atoms with Crippen LogP contribution in [0.1, 0.15) is 31.2 Å². The molecule has 24 heavy (non-hydrogen) atoms. The van der Waals surface area contributed by atoms with Gasteiger partial charge in [0.15, 0.2) is 0 Å². The van der Waals surface area contributed by atoms with Gasteiger partial charge in [0, 0.05) is 31.2 Å². The summed E-state index contributed by atoms with van der Waals surface area (Å²) < 4.78 is 0. The number of piperidine rings is 1. The number of rotatable bonds is 5. The van der Waals surface area contributed by atoms with Crippen molar-refractivity contribution in [2.24, 2.45) is 11.8 Å². The van der Waals surface area contributed by atoms with E-state index in [9.17, 15) is 9.59 Å². The minimum Gasteiger partial charge on any atom is -0.399 e. The summed E-state index contributed by atoms with van der Waals surface area (Å²) in [5.41, 5.74) is 7.57. The molecule has 1 heterocycles. The normalized spacial score (nSPS) is 20.2. The second-order valence-electron chi connectivity index (χ2n) is 6.68. The van der Waals surface area contributed by atoms with E-state index in [1.54, 1.807) is 0 Å². The summed E-state index contributed by atoms with van der Waals surface area (Å²) in [4.78, 5) is 26.4. The van der Waals surface area contributed by atoms with Crippen LogP contribution in [0.15, 0.2) is 24.3 Å². The van der Waals surface area contributed by atoms with E-state index >= 15 is 0 Å². The molecule has 1 saturated carbocycles. The lowest BCUT2D eigenvalue weighted by molar-refractivity contribution is -0.136. The molecule has 3 rings (SSSR count). The highest BCUT2D eigenvalue weighted by molar-refractivity contribution is 5.85. The Morgan fingerprint density at radius 1 is 1.12 bits per heavy atom. The van der Waals surface area contributed by atoms with E-state index in [-0.39, 0.29) is 36.1 Å². The molecule has 2 aliphatic rings. The van der Waals surface area contributed by atoms with Crippen molar-refractivity contribution in [1.82, 2.24) is 10.2 Å². The molecule has 0 bridgehead atoms. The topological polar surface area (TPSA) is 75.4 Å². The maximum Gasteiger partial charge on any atom is 0.225 e. The molecule has 0 aromatic heterocycles. The van der Waals surface area contributed by atoms with Crippen molar-refractivity contribution in [3.05, 3.63) is 29.8 Å². The lowest BCUT2D eigenvalue weighted by Gasteiger charge is -2.32. The summed E-state index contributed by atoms with van der Waals surface area (Å²) in [7, 11) is 0. The van der Waals surface area contributed by atoms with Crippen LogP contribution in [0.2, 0.25) is 0 Å². The lowest BCUT2D eigenvalue weighted by Crippen LogP contribution is -2.46. The van der Waals surface area contributed by atoms with E-state index in [0.717, 1.165) is 49.9 Å². The number of carbonyl (C=O) groups is 2. The minimum atomic E-state index is -0.0575. The highest BCUT2D eigenvalue weighted by Gasteiger charge is 2.36. The van der Waals surface area contributed by atoms with Crippen LogP contribution >= 0.6 is 12.4 Å². The second-order valence-corrected chi connectivity index (χ2v) is 6.68. The quantitative estimate of drug-likeness (QED) is 0.797. The Morgan fingerprint density at radius 2 is 1.83 bits per heavy atom. The maximum absolute atomic E-state index is 12.3. The molecule has 3 N–H and O–H groups in total. The highest BCUT2D eigenvalue weighted by atomic mass is 35.5. The minimum absolute atomic E-state index is 0. The van der Waals surface area contributed by atoms with Gasteiger partial charge in [0.1, 0.15) is 0 Å². The summed E-state index contributed by atoms with van der Waals surface area (Å²) >= 11 is 0. The number of benzene rings is 1. The van der Waals surface area contributed by atoms with E-state index < -0.39 is 0 Å². The van der Waals surface area contributed by atoms with Crippen molar-refractivity contribution in [2.75, 3.05) is 25.4 Å². The van der Waals surface area contributed by atoms with Crippen molar-refractivity contribution < 1.29 is 9.59 Å². The van der Waals surface area contributed by atoms with E-state index in [1.807, 2.05) is 29.2 Å². The van der Waals surface area contributed by atoms with Crippen molar-refractivity contribution >= 4 is 29.9 Å². The Balaban J connectivity index is 0.00000208. The maximum atomic E-state index is 12.3. The molecule has 5 nitrogen and oxygen atoms in total. The predicted molar refractivity (Wildman–Crippen MR) is 96.8 cm³/mol. The molecule has 1 aromatic rings. The number of amides is 2. The first-order valence-corrected chi connectivity index (χ1v) is 8.54. The van der Waals surface area contributed by atoms with Gasteiger partial charge in [0.25, 0.3) is 0 Å². The van der Waals surface area contributed by atoms with Crippen molar-refractivity contribution in [2.45, 2.75) is 32.1 Å². The van der Waals surface area contributed by atoms with Crippen LogP contribution in [-0.2, 0) is 16.0 Å². The van der Waals surface area contributed by atoms with E-state index in [4.69, 9.17) is 5.73 Å². The first kappa shape index (κ1) is 18.6. The Hall–Kier alpha value is -1.75. The summed E-state index contributed by atoms with van der Waals surface area (Å²) in [6.07, 6.45) is 4.64. The third-order valence-electron chi connectivity index (χ3n) is 4.72. The highest BCUT2D eigenvalue weighted by Crippen LogP contribution is 2.32. The molecule has 1 saturated heterocycles. The van der Waals surface area contributed by atoms with Gasteiger partial charge in [-0.1, -0.05) is 12.1 Å². The first-order chi connectivity index (χ1) is 11.1. The van der Waals surface area contributed by atoms with Crippen LogP contribution in [-0.4, -0.2) is 36.3 Å².